The molecule has 0 aromatic carbocycles. The van der Waals surface area contributed by atoms with Crippen molar-refractivity contribution in [1.29, 1.82) is 0 Å². The molecule has 2 aromatic heterocycles. The maximum atomic E-state index is 11.3. The molecular weight excluding hydrogens is 298 g/mol. The summed E-state index contributed by atoms with van der Waals surface area (Å²) in [5.74, 6) is 0.753. The van der Waals surface area contributed by atoms with E-state index >= 15 is 0 Å². The van der Waals surface area contributed by atoms with E-state index in [1.54, 1.807) is 17.5 Å². The van der Waals surface area contributed by atoms with Gasteiger partial charge in [-0.25, -0.2) is 4.68 Å². The van der Waals surface area contributed by atoms with Crippen LogP contribution in [0.25, 0.3) is 0 Å². The number of hydrogen-bond acceptors (Lipinski definition) is 5. The molecule has 22 heavy (non-hydrogen) atoms. The summed E-state index contributed by atoms with van der Waals surface area (Å²) in [4.78, 5) is 11.3. The van der Waals surface area contributed by atoms with E-state index in [9.17, 15) is 4.79 Å². The first-order valence-electron chi connectivity index (χ1n) is 7.47. The van der Waals surface area contributed by atoms with E-state index < -0.39 is 5.91 Å². The number of fused-ring (bicyclic) bond motifs is 1. The minimum atomic E-state index is -0.435. The molecule has 2 atom stereocenters. The molecule has 2 unspecified atom stereocenters. The largest absolute Gasteiger partial charge is 0.369 e. The Labute approximate surface area is 133 Å². The van der Waals surface area contributed by atoms with Crippen molar-refractivity contribution in [2.45, 2.75) is 25.9 Å². The highest BCUT2D eigenvalue weighted by atomic mass is 32.1. The number of anilines is 1. The molecule has 1 amide bonds. The van der Waals surface area contributed by atoms with Gasteiger partial charge in [-0.05, 0) is 35.7 Å². The highest BCUT2D eigenvalue weighted by Gasteiger charge is 2.23. The zero-order valence-electron chi connectivity index (χ0n) is 12.6. The van der Waals surface area contributed by atoms with E-state index in [-0.39, 0.29) is 0 Å². The average molecular weight is 319 g/mol. The highest BCUT2D eigenvalue weighted by molar-refractivity contribution is 7.07. The minimum Gasteiger partial charge on any atom is -0.369 e. The Bertz CT molecular complexity index is 636. The monoisotopic (exact) mass is 319 g/mol. The third-order valence-corrected chi connectivity index (χ3v) is 4.70. The number of rotatable bonds is 6. The zero-order chi connectivity index (χ0) is 15.5. The fourth-order valence-electron chi connectivity index (χ4n) is 2.78. The standard InChI is InChI=1S/C15H21N5OS/c1-10(4-11-2-3-22-9-11)17-5-12-6-18-15-13(14(16)21)7-19-20(15)8-12/h2-3,7,9-10,12,17-18H,4-6,8H2,1H3,(H2,16,21). The van der Waals surface area contributed by atoms with E-state index in [0.29, 0.717) is 17.5 Å². The molecule has 7 heteroatoms. The van der Waals surface area contributed by atoms with E-state index in [4.69, 9.17) is 5.73 Å². The molecular formula is C15H21N5OS. The van der Waals surface area contributed by atoms with Crippen LogP contribution < -0.4 is 16.4 Å². The lowest BCUT2D eigenvalue weighted by atomic mass is 10.1. The molecule has 1 aliphatic rings. The van der Waals surface area contributed by atoms with Gasteiger partial charge in [-0.2, -0.15) is 16.4 Å². The Morgan fingerprint density at radius 1 is 1.68 bits per heavy atom. The van der Waals surface area contributed by atoms with E-state index in [1.807, 2.05) is 4.68 Å². The van der Waals surface area contributed by atoms with Gasteiger partial charge >= 0.3 is 0 Å². The van der Waals surface area contributed by atoms with Gasteiger partial charge in [0.05, 0.1) is 6.20 Å². The molecule has 3 heterocycles. The van der Waals surface area contributed by atoms with Gasteiger partial charge in [0.2, 0.25) is 0 Å². The van der Waals surface area contributed by atoms with Crippen molar-refractivity contribution in [2.75, 3.05) is 18.4 Å². The lowest BCUT2D eigenvalue weighted by molar-refractivity contribution is 0.100. The number of carbonyl (C=O) groups is 1. The van der Waals surface area contributed by atoms with Gasteiger partial charge < -0.3 is 16.4 Å². The summed E-state index contributed by atoms with van der Waals surface area (Å²) in [6.45, 7) is 4.75. The van der Waals surface area contributed by atoms with Crippen LogP contribution in [0.15, 0.2) is 23.0 Å². The molecule has 0 fully saturated rings. The maximum absolute atomic E-state index is 11.3. The lowest BCUT2D eigenvalue weighted by Gasteiger charge is -2.27. The van der Waals surface area contributed by atoms with Crippen molar-refractivity contribution >= 4 is 23.1 Å². The number of aromatic nitrogens is 2. The van der Waals surface area contributed by atoms with E-state index in [0.717, 1.165) is 31.9 Å². The fraction of sp³-hybridized carbons (Fsp3) is 0.467. The summed E-state index contributed by atoms with van der Waals surface area (Å²) in [6, 6.07) is 2.61. The second kappa shape index (κ2) is 6.50. The van der Waals surface area contributed by atoms with Crippen LogP contribution in [0.3, 0.4) is 0 Å². The average Bonchev–Trinajstić information content (AvgIpc) is 3.13. The second-order valence-electron chi connectivity index (χ2n) is 5.85. The SMILES string of the molecule is CC(Cc1ccsc1)NCC1CNc2c(C(N)=O)cnn2C1. The molecule has 0 saturated carbocycles. The van der Waals surface area contributed by atoms with Crippen molar-refractivity contribution < 1.29 is 4.79 Å². The van der Waals surface area contributed by atoms with Gasteiger partial charge in [-0.3, -0.25) is 4.79 Å². The third kappa shape index (κ3) is 3.31. The van der Waals surface area contributed by atoms with Crippen LogP contribution in [0.5, 0.6) is 0 Å². The fourth-order valence-corrected chi connectivity index (χ4v) is 3.46. The molecule has 3 rings (SSSR count). The molecule has 0 bridgehead atoms. The molecule has 0 saturated heterocycles. The predicted molar refractivity (Wildman–Crippen MR) is 88.2 cm³/mol. The Morgan fingerprint density at radius 2 is 2.55 bits per heavy atom. The number of hydrogen-bond donors (Lipinski definition) is 3. The minimum absolute atomic E-state index is 0.435. The summed E-state index contributed by atoms with van der Waals surface area (Å²) in [5.41, 5.74) is 7.19. The lowest BCUT2D eigenvalue weighted by Crippen LogP contribution is -2.39. The van der Waals surface area contributed by atoms with Crippen LogP contribution in [0, 0.1) is 5.92 Å². The van der Waals surface area contributed by atoms with Crippen LogP contribution in [-0.4, -0.2) is 34.8 Å². The predicted octanol–water partition coefficient (Wildman–Crippen LogP) is 1.31. The Kier molecular flexibility index (Phi) is 4.44. The molecule has 4 N–H and O–H groups in total. The van der Waals surface area contributed by atoms with Gasteiger partial charge in [-0.15, -0.1) is 0 Å². The highest BCUT2D eigenvalue weighted by Crippen LogP contribution is 2.21. The normalized spacial score (nSPS) is 18.5. The molecule has 0 radical (unpaired) electrons. The van der Waals surface area contributed by atoms with E-state index in [1.165, 1.54) is 5.56 Å². The molecule has 0 spiro atoms. The van der Waals surface area contributed by atoms with Crippen molar-refractivity contribution in [3.8, 4) is 0 Å². The van der Waals surface area contributed by atoms with Crippen molar-refractivity contribution in [3.63, 3.8) is 0 Å². The van der Waals surface area contributed by atoms with Gasteiger partial charge in [0, 0.05) is 31.6 Å². The van der Waals surface area contributed by atoms with Crippen LogP contribution in [-0.2, 0) is 13.0 Å². The number of primary amides is 1. The van der Waals surface area contributed by atoms with Gasteiger partial charge in [0.15, 0.2) is 0 Å². The van der Waals surface area contributed by atoms with Crippen molar-refractivity contribution in [2.24, 2.45) is 11.7 Å². The van der Waals surface area contributed by atoms with Crippen LogP contribution in [0.1, 0.15) is 22.8 Å². The number of carbonyl (C=O) groups excluding carboxylic acids is 1. The summed E-state index contributed by atoms with van der Waals surface area (Å²) >= 11 is 1.74. The second-order valence-corrected chi connectivity index (χ2v) is 6.63. The number of nitrogens with two attached hydrogens (primary N) is 1. The summed E-state index contributed by atoms with van der Waals surface area (Å²) in [5, 5.41) is 15.4. The maximum Gasteiger partial charge on any atom is 0.254 e. The van der Waals surface area contributed by atoms with E-state index in [2.05, 4.69) is 39.5 Å². The first kappa shape index (κ1) is 15.1. The Morgan fingerprint density at radius 3 is 3.27 bits per heavy atom. The van der Waals surface area contributed by atoms with Crippen molar-refractivity contribution in [1.82, 2.24) is 15.1 Å². The number of thiophene rings is 1. The van der Waals surface area contributed by atoms with Crippen LogP contribution in [0.4, 0.5) is 5.82 Å². The molecule has 118 valence electrons. The topological polar surface area (TPSA) is 85.0 Å². The zero-order valence-corrected chi connectivity index (χ0v) is 13.4. The molecule has 6 nitrogen and oxygen atoms in total. The summed E-state index contributed by atoms with van der Waals surface area (Å²) < 4.78 is 1.83. The Balaban J connectivity index is 1.51. The van der Waals surface area contributed by atoms with Crippen molar-refractivity contribution in [3.05, 3.63) is 34.2 Å². The quantitative estimate of drug-likeness (QED) is 0.749. The third-order valence-electron chi connectivity index (χ3n) is 3.97. The number of nitrogens with one attached hydrogen (secondary N) is 2. The van der Waals surface area contributed by atoms with Crippen LogP contribution >= 0.6 is 11.3 Å². The van der Waals surface area contributed by atoms with Crippen LogP contribution in [0.2, 0.25) is 0 Å². The smallest absolute Gasteiger partial charge is 0.254 e. The first-order valence-corrected chi connectivity index (χ1v) is 8.41. The summed E-state index contributed by atoms with van der Waals surface area (Å²) in [7, 11) is 0. The van der Waals surface area contributed by atoms with Gasteiger partial charge in [0.1, 0.15) is 11.4 Å². The summed E-state index contributed by atoms with van der Waals surface area (Å²) in [6.07, 6.45) is 2.59. The van der Waals surface area contributed by atoms with Gasteiger partial charge in [-0.1, -0.05) is 0 Å². The number of amides is 1. The van der Waals surface area contributed by atoms with Gasteiger partial charge in [0.25, 0.3) is 5.91 Å². The number of nitrogens with zero attached hydrogens (tertiary/aromatic N) is 2. The first-order chi connectivity index (χ1) is 10.6. The molecule has 2 aromatic rings. The Hall–Kier alpha value is -1.86. The molecule has 1 aliphatic heterocycles. The molecule has 0 aliphatic carbocycles.